The van der Waals surface area contributed by atoms with E-state index in [0.717, 1.165) is 22.9 Å². The summed E-state index contributed by atoms with van der Waals surface area (Å²) < 4.78 is 38.1. The number of sulfone groups is 1. The van der Waals surface area contributed by atoms with Crippen LogP contribution in [0.5, 0.6) is 0 Å². The van der Waals surface area contributed by atoms with Gasteiger partial charge in [-0.05, 0) is 47.2 Å². The molecule has 0 unspecified atom stereocenters. The molecule has 0 bridgehead atoms. The lowest BCUT2D eigenvalue weighted by Gasteiger charge is -2.38. The number of halogens is 1. The molecular formula is C20H16FNO3S. The highest BCUT2D eigenvalue weighted by molar-refractivity contribution is 7.92. The van der Waals surface area contributed by atoms with Crippen molar-refractivity contribution in [1.82, 2.24) is 4.90 Å². The molecule has 3 aromatic carbocycles. The number of likely N-dealkylation sites (tertiary alicyclic amines) is 1. The first-order valence-corrected chi connectivity index (χ1v) is 9.77. The first-order chi connectivity index (χ1) is 12.4. The van der Waals surface area contributed by atoms with Crippen LogP contribution < -0.4 is 0 Å². The lowest BCUT2D eigenvalue weighted by Crippen LogP contribution is -2.56. The van der Waals surface area contributed by atoms with Gasteiger partial charge in [-0.3, -0.25) is 4.79 Å². The minimum absolute atomic E-state index is 0.0849. The highest BCUT2D eigenvalue weighted by Gasteiger charge is 2.40. The number of benzene rings is 3. The van der Waals surface area contributed by atoms with Crippen LogP contribution >= 0.6 is 0 Å². The third-order valence-electron chi connectivity index (χ3n) is 4.71. The van der Waals surface area contributed by atoms with Crippen LogP contribution in [0, 0.1) is 5.82 Å². The van der Waals surface area contributed by atoms with Gasteiger partial charge >= 0.3 is 0 Å². The minimum atomic E-state index is -3.56. The largest absolute Gasteiger partial charge is 0.336 e. The number of nitrogens with zero attached hydrogens (tertiary/aromatic N) is 1. The Morgan fingerprint density at radius 2 is 1.58 bits per heavy atom. The quantitative estimate of drug-likeness (QED) is 0.666. The molecule has 4 rings (SSSR count). The van der Waals surface area contributed by atoms with E-state index in [9.17, 15) is 17.6 Å². The Morgan fingerprint density at radius 3 is 2.27 bits per heavy atom. The molecule has 6 heteroatoms. The smallest absolute Gasteiger partial charge is 0.253 e. The molecule has 1 fully saturated rings. The van der Waals surface area contributed by atoms with Crippen LogP contribution in [-0.4, -0.2) is 37.6 Å². The molecular weight excluding hydrogens is 353 g/mol. The Labute approximate surface area is 150 Å². The van der Waals surface area contributed by atoms with Crippen LogP contribution in [0.4, 0.5) is 4.39 Å². The Bertz CT molecular complexity index is 1090. The van der Waals surface area contributed by atoms with Gasteiger partial charge in [-0.25, -0.2) is 12.8 Å². The van der Waals surface area contributed by atoms with Crippen molar-refractivity contribution < 1.29 is 17.6 Å². The third kappa shape index (κ3) is 2.86. The molecule has 1 amide bonds. The summed E-state index contributed by atoms with van der Waals surface area (Å²) in [6, 6.07) is 18.0. The van der Waals surface area contributed by atoms with Gasteiger partial charge < -0.3 is 4.90 Å². The molecule has 0 N–H and O–H groups in total. The van der Waals surface area contributed by atoms with Crippen LogP contribution in [0.2, 0.25) is 0 Å². The number of rotatable bonds is 3. The first-order valence-electron chi connectivity index (χ1n) is 8.23. The number of hydrogen-bond donors (Lipinski definition) is 0. The van der Waals surface area contributed by atoms with Crippen LogP contribution in [0.3, 0.4) is 0 Å². The van der Waals surface area contributed by atoms with E-state index >= 15 is 0 Å². The monoisotopic (exact) mass is 369 g/mol. The maximum atomic E-state index is 13.0. The van der Waals surface area contributed by atoms with Crippen molar-refractivity contribution in [2.24, 2.45) is 0 Å². The second-order valence-corrected chi connectivity index (χ2v) is 8.62. The van der Waals surface area contributed by atoms with Gasteiger partial charge in [0.2, 0.25) is 0 Å². The van der Waals surface area contributed by atoms with Gasteiger partial charge in [0.25, 0.3) is 5.91 Å². The van der Waals surface area contributed by atoms with E-state index in [1.54, 1.807) is 6.07 Å². The van der Waals surface area contributed by atoms with Crippen molar-refractivity contribution in [3.8, 4) is 0 Å². The van der Waals surface area contributed by atoms with Gasteiger partial charge in [0.1, 0.15) is 11.1 Å². The van der Waals surface area contributed by atoms with Gasteiger partial charge in [-0.2, -0.15) is 0 Å². The standard InChI is InChI=1S/C20H16FNO3S/c21-17-7-9-18(10-8-17)26(24,25)19-12-22(13-19)20(23)16-6-5-14-3-1-2-4-15(14)11-16/h1-11,19H,12-13H2. The number of carbonyl (C=O) groups is 1. The third-order valence-corrected chi connectivity index (χ3v) is 6.82. The van der Waals surface area contributed by atoms with E-state index in [1.165, 1.54) is 17.0 Å². The fourth-order valence-corrected chi connectivity index (χ4v) is 4.77. The maximum absolute atomic E-state index is 13.0. The first kappa shape index (κ1) is 16.7. The van der Waals surface area contributed by atoms with Crippen molar-refractivity contribution in [2.75, 3.05) is 13.1 Å². The molecule has 1 aliphatic rings. The Kier molecular flexibility index (Phi) is 4.00. The van der Waals surface area contributed by atoms with E-state index in [0.29, 0.717) is 5.56 Å². The Morgan fingerprint density at radius 1 is 0.923 bits per heavy atom. The average molecular weight is 369 g/mol. The molecule has 0 radical (unpaired) electrons. The molecule has 132 valence electrons. The van der Waals surface area contributed by atoms with Gasteiger partial charge in [0.05, 0.1) is 4.90 Å². The maximum Gasteiger partial charge on any atom is 0.253 e. The SMILES string of the molecule is O=C(c1ccc2ccccc2c1)N1CC(S(=O)(=O)c2ccc(F)cc2)C1. The lowest BCUT2D eigenvalue weighted by molar-refractivity contribution is 0.0659. The summed E-state index contributed by atoms with van der Waals surface area (Å²) in [4.78, 5) is 14.2. The highest BCUT2D eigenvalue weighted by Crippen LogP contribution is 2.26. The lowest BCUT2D eigenvalue weighted by atomic mass is 10.0. The van der Waals surface area contributed by atoms with Crippen LogP contribution in [0.25, 0.3) is 10.8 Å². The van der Waals surface area contributed by atoms with Gasteiger partial charge in [-0.15, -0.1) is 0 Å². The number of fused-ring (bicyclic) bond motifs is 1. The van der Waals surface area contributed by atoms with Crippen LogP contribution in [-0.2, 0) is 9.84 Å². The summed E-state index contributed by atoms with van der Waals surface area (Å²) in [5.41, 5.74) is 0.543. The van der Waals surface area contributed by atoms with Gasteiger partial charge in [-0.1, -0.05) is 30.3 Å². The molecule has 3 aromatic rings. The molecule has 0 spiro atoms. The summed E-state index contributed by atoms with van der Waals surface area (Å²) in [5, 5.41) is 1.36. The van der Waals surface area contributed by atoms with Crippen LogP contribution in [0.1, 0.15) is 10.4 Å². The normalized spacial score (nSPS) is 15.0. The number of amides is 1. The van der Waals surface area contributed by atoms with Crippen molar-refractivity contribution in [3.63, 3.8) is 0 Å². The van der Waals surface area contributed by atoms with E-state index in [1.807, 2.05) is 36.4 Å². The zero-order valence-electron chi connectivity index (χ0n) is 13.8. The summed E-state index contributed by atoms with van der Waals surface area (Å²) in [6.07, 6.45) is 0. The summed E-state index contributed by atoms with van der Waals surface area (Å²) in [5.74, 6) is -0.660. The van der Waals surface area contributed by atoms with Gasteiger partial charge in [0, 0.05) is 18.7 Å². The minimum Gasteiger partial charge on any atom is -0.336 e. The molecule has 1 heterocycles. The van der Waals surface area contributed by atoms with E-state index in [-0.39, 0.29) is 23.9 Å². The molecule has 0 saturated carbocycles. The fraction of sp³-hybridized carbons (Fsp3) is 0.150. The van der Waals surface area contributed by atoms with Crippen LogP contribution in [0.15, 0.2) is 71.6 Å². The number of hydrogen-bond acceptors (Lipinski definition) is 3. The molecule has 0 aliphatic carbocycles. The predicted octanol–water partition coefficient (Wildman–Crippen LogP) is 3.28. The van der Waals surface area contributed by atoms with Crippen molar-refractivity contribution in [2.45, 2.75) is 10.1 Å². The Balaban J connectivity index is 1.49. The molecule has 0 aromatic heterocycles. The molecule has 4 nitrogen and oxygen atoms in total. The average Bonchev–Trinajstić information content (AvgIpc) is 2.60. The molecule has 1 saturated heterocycles. The molecule has 1 aliphatic heterocycles. The van der Waals surface area contributed by atoms with E-state index in [2.05, 4.69) is 0 Å². The second-order valence-electron chi connectivity index (χ2n) is 6.39. The van der Waals surface area contributed by atoms with E-state index < -0.39 is 20.9 Å². The Hall–Kier alpha value is -2.73. The van der Waals surface area contributed by atoms with Crippen molar-refractivity contribution >= 4 is 26.5 Å². The summed E-state index contributed by atoms with van der Waals surface area (Å²) in [6.45, 7) is 0.288. The fourth-order valence-electron chi connectivity index (χ4n) is 3.12. The molecule has 26 heavy (non-hydrogen) atoms. The van der Waals surface area contributed by atoms with Crippen molar-refractivity contribution in [1.29, 1.82) is 0 Å². The predicted molar refractivity (Wildman–Crippen MR) is 97.2 cm³/mol. The summed E-state index contributed by atoms with van der Waals surface area (Å²) >= 11 is 0. The van der Waals surface area contributed by atoms with Gasteiger partial charge in [0.15, 0.2) is 9.84 Å². The topological polar surface area (TPSA) is 54.5 Å². The summed E-state index contributed by atoms with van der Waals surface area (Å²) in [7, 11) is -3.56. The second kappa shape index (κ2) is 6.21. The number of carbonyl (C=O) groups excluding carboxylic acids is 1. The van der Waals surface area contributed by atoms with Crippen molar-refractivity contribution in [3.05, 3.63) is 78.1 Å². The van der Waals surface area contributed by atoms with E-state index in [4.69, 9.17) is 0 Å². The zero-order valence-corrected chi connectivity index (χ0v) is 14.6. The zero-order chi connectivity index (χ0) is 18.3. The highest BCUT2D eigenvalue weighted by atomic mass is 32.2. The molecule has 0 atom stereocenters.